The summed E-state index contributed by atoms with van der Waals surface area (Å²) in [5.41, 5.74) is 0. The molecule has 0 aliphatic carbocycles. The normalized spacial score (nSPS) is 11.8. The number of ether oxygens (including phenoxy) is 6. The average molecular weight is 1670 g/mol. The van der Waals surface area contributed by atoms with Crippen LogP contribution in [0.15, 0.2) is 36.4 Å². The molecule has 0 bridgehead atoms. The first-order chi connectivity index (χ1) is 59.6. The summed E-state index contributed by atoms with van der Waals surface area (Å²) >= 11 is 0. The Morgan fingerprint density at radius 3 is 0.267 bits per heavy atom. The van der Waals surface area contributed by atoms with Gasteiger partial charge in [0.15, 0.2) is 34.5 Å². The molecule has 0 saturated heterocycles. The highest BCUT2D eigenvalue weighted by Gasteiger charge is 2.22. The van der Waals surface area contributed by atoms with Crippen LogP contribution in [0.3, 0.4) is 0 Å². The predicted octanol–water partition coefficient (Wildman–Crippen LogP) is 40.3. The summed E-state index contributed by atoms with van der Waals surface area (Å²) in [5, 5.41) is 7.03. The van der Waals surface area contributed by atoms with Gasteiger partial charge in [-0.25, -0.2) is 0 Å². The molecule has 0 atom stereocenters. The van der Waals surface area contributed by atoms with Crippen molar-refractivity contribution in [3.8, 4) is 34.5 Å². The van der Waals surface area contributed by atoms with Crippen LogP contribution in [0.5, 0.6) is 34.5 Å². The number of unbranched alkanes of at least 4 members (excludes halogenated alkanes) is 78. The van der Waals surface area contributed by atoms with Crippen molar-refractivity contribution in [1.82, 2.24) is 0 Å². The Kier molecular flexibility index (Phi) is 75.9. The zero-order valence-corrected chi connectivity index (χ0v) is 81.6. The van der Waals surface area contributed by atoms with Crippen molar-refractivity contribution in [3.05, 3.63) is 36.4 Å². The standard InChI is InChI=1S/C114H204O6/c1-7-13-19-25-31-37-43-49-55-61-67-73-79-85-91-115-109-97-103-104(98-110(109)116-92-86-80-74-68-62-56-50-44-38-32-26-20-14-8-2)106-100-112(118-94-88-82-76-70-64-58-52-46-40-34-28-22-16-10-4)114(120-96-90-84-78-72-66-60-54-48-42-36-30-24-18-12-6)102-108(106)107-101-113(119-95-89-83-77-71-65-59-53-47-41-35-29-23-17-11-5)111(99-105(103)107)117-93-87-81-75-69-63-57-51-45-39-33-27-21-15-9-3/h97-102H,7-96H2,1-6H3. The Morgan fingerprint density at radius 1 is 0.108 bits per heavy atom. The Labute approximate surface area is 747 Å². The highest BCUT2D eigenvalue weighted by Crippen LogP contribution is 2.48. The van der Waals surface area contributed by atoms with Crippen LogP contribution >= 0.6 is 0 Å². The minimum atomic E-state index is 0.687. The van der Waals surface area contributed by atoms with E-state index in [9.17, 15) is 0 Å². The van der Waals surface area contributed by atoms with Crippen molar-refractivity contribution in [2.24, 2.45) is 0 Å². The molecule has 0 unspecified atom stereocenters. The minimum absolute atomic E-state index is 0.687. The third-order valence-corrected chi connectivity index (χ3v) is 26.7. The van der Waals surface area contributed by atoms with Gasteiger partial charge in [0.1, 0.15) is 0 Å². The van der Waals surface area contributed by atoms with Gasteiger partial charge in [0.05, 0.1) is 39.6 Å². The lowest BCUT2D eigenvalue weighted by Gasteiger charge is -2.21. The van der Waals surface area contributed by atoms with E-state index >= 15 is 0 Å². The molecule has 6 nitrogen and oxygen atoms in total. The number of fused-ring (bicyclic) bond motifs is 6. The molecular formula is C114H204O6. The van der Waals surface area contributed by atoms with Crippen LogP contribution in [-0.2, 0) is 0 Å². The SMILES string of the molecule is CCCCCCCCCCCCCCCCOc1cc2c3cc(OCCCCCCCCCCCCCCCC)c(OCCCCCCCCCCCCCCCC)cc3c3cc(OCCCCCCCCCCCCCCCC)c(OCCCCCCCCCCCCCCCC)cc3c2cc1OCCCCCCCCCCCCCCCC. The molecule has 4 aromatic rings. The van der Waals surface area contributed by atoms with Crippen molar-refractivity contribution < 1.29 is 28.4 Å². The van der Waals surface area contributed by atoms with Gasteiger partial charge in [-0.15, -0.1) is 0 Å². The van der Waals surface area contributed by atoms with Crippen molar-refractivity contribution in [2.45, 2.75) is 581 Å². The van der Waals surface area contributed by atoms with E-state index in [-0.39, 0.29) is 0 Å². The van der Waals surface area contributed by atoms with E-state index in [1.165, 1.54) is 533 Å². The number of hydrogen-bond acceptors (Lipinski definition) is 6. The molecule has 0 aromatic heterocycles. The second-order valence-corrected chi connectivity index (χ2v) is 38.2. The third-order valence-electron chi connectivity index (χ3n) is 26.7. The maximum Gasteiger partial charge on any atom is 0.161 e. The second kappa shape index (κ2) is 83.7. The van der Waals surface area contributed by atoms with E-state index in [2.05, 4.69) is 77.9 Å². The lowest BCUT2D eigenvalue weighted by atomic mass is 9.93. The number of rotatable bonds is 96. The Morgan fingerprint density at radius 2 is 0.183 bits per heavy atom. The molecule has 0 N–H and O–H groups in total. The summed E-state index contributed by atoms with van der Waals surface area (Å²) in [6.45, 7) is 18.1. The van der Waals surface area contributed by atoms with Crippen molar-refractivity contribution in [2.75, 3.05) is 39.6 Å². The fourth-order valence-corrected chi connectivity index (χ4v) is 18.6. The Bertz CT molecular complexity index is 2310. The molecule has 120 heavy (non-hydrogen) atoms. The maximum absolute atomic E-state index is 7.11. The zero-order chi connectivity index (χ0) is 85.1. The maximum atomic E-state index is 7.11. The fourth-order valence-electron chi connectivity index (χ4n) is 18.6. The minimum Gasteiger partial charge on any atom is -0.490 e. The first-order valence-electron chi connectivity index (χ1n) is 54.9. The fraction of sp³-hybridized carbons (Fsp3) is 0.842. The zero-order valence-electron chi connectivity index (χ0n) is 81.6. The van der Waals surface area contributed by atoms with Gasteiger partial charge in [0, 0.05) is 0 Å². The summed E-state index contributed by atoms with van der Waals surface area (Å²) in [6.07, 6.45) is 113. The molecule has 6 heteroatoms. The highest BCUT2D eigenvalue weighted by atomic mass is 16.5. The van der Waals surface area contributed by atoms with Gasteiger partial charge in [-0.3, -0.25) is 0 Å². The largest absolute Gasteiger partial charge is 0.490 e. The summed E-state index contributed by atoms with van der Waals surface area (Å²) in [6, 6.07) is 14.2. The Hall–Kier alpha value is -3.54. The molecule has 4 aromatic carbocycles. The molecule has 0 spiro atoms. The van der Waals surface area contributed by atoms with Gasteiger partial charge in [-0.1, -0.05) is 542 Å². The lowest BCUT2D eigenvalue weighted by molar-refractivity contribution is 0.258. The van der Waals surface area contributed by atoms with Crippen LogP contribution in [0.25, 0.3) is 32.3 Å². The highest BCUT2D eigenvalue weighted by molar-refractivity contribution is 6.27. The van der Waals surface area contributed by atoms with E-state index < -0.39 is 0 Å². The van der Waals surface area contributed by atoms with Gasteiger partial charge in [0.25, 0.3) is 0 Å². The van der Waals surface area contributed by atoms with Crippen LogP contribution in [0.1, 0.15) is 581 Å². The van der Waals surface area contributed by atoms with Crippen LogP contribution in [0, 0.1) is 0 Å². The summed E-state index contributed by atoms with van der Waals surface area (Å²) in [7, 11) is 0. The molecule has 696 valence electrons. The van der Waals surface area contributed by atoms with E-state index in [1.54, 1.807) is 0 Å². The first-order valence-corrected chi connectivity index (χ1v) is 54.9. The van der Waals surface area contributed by atoms with Gasteiger partial charge in [-0.05, 0) is 107 Å². The van der Waals surface area contributed by atoms with Crippen LogP contribution in [0.4, 0.5) is 0 Å². The van der Waals surface area contributed by atoms with Crippen molar-refractivity contribution in [1.29, 1.82) is 0 Å². The molecule has 0 heterocycles. The molecule has 0 amide bonds. The molecule has 0 fully saturated rings. The van der Waals surface area contributed by atoms with Gasteiger partial charge in [0.2, 0.25) is 0 Å². The quantitative estimate of drug-likeness (QED) is 0.0324. The average Bonchev–Trinajstić information content (AvgIpc) is 0.726. The van der Waals surface area contributed by atoms with Crippen molar-refractivity contribution >= 4 is 32.3 Å². The monoisotopic (exact) mass is 1670 g/mol. The molecule has 0 aliphatic heterocycles. The van der Waals surface area contributed by atoms with Gasteiger partial charge >= 0.3 is 0 Å². The molecule has 0 aliphatic rings. The Balaban J connectivity index is 1.72. The van der Waals surface area contributed by atoms with Gasteiger partial charge < -0.3 is 28.4 Å². The van der Waals surface area contributed by atoms with Crippen LogP contribution < -0.4 is 28.4 Å². The van der Waals surface area contributed by atoms with Crippen molar-refractivity contribution in [3.63, 3.8) is 0 Å². The third kappa shape index (κ3) is 58.7. The summed E-state index contributed by atoms with van der Waals surface area (Å²) in [4.78, 5) is 0. The summed E-state index contributed by atoms with van der Waals surface area (Å²) in [5.74, 6) is 5.21. The van der Waals surface area contributed by atoms with Crippen LogP contribution in [0.2, 0.25) is 0 Å². The molecule has 4 rings (SSSR count). The topological polar surface area (TPSA) is 55.4 Å². The van der Waals surface area contributed by atoms with Gasteiger partial charge in [-0.2, -0.15) is 0 Å². The summed E-state index contributed by atoms with van der Waals surface area (Å²) < 4.78 is 42.7. The van der Waals surface area contributed by atoms with E-state index in [0.717, 1.165) is 73.0 Å². The lowest BCUT2D eigenvalue weighted by Crippen LogP contribution is -2.05. The second-order valence-electron chi connectivity index (χ2n) is 38.2. The van der Waals surface area contributed by atoms with E-state index in [0.29, 0.717) is 39.6 Å². The number of hydrogen-bond donors (Lipinski definition) is 0. The molecule has 0 radical (unpaired) electrons. The van der Waals surface area contributed by atoms with E-state index in [1.807, 2.05) is 0 Å². The molecular weight excluding hydrogens is 1470 g/mol. The molecule has 0 saturated carbocycles. The number of benzene rings is 4. The van der Waals surface area contributed by atoms with Crippen LogP contribution in [-0.4, -0.2) is 39.6 Å². The first kappa shape index (κ1) is 109. The predicted molar refractivity (Wildman–Crippen MR) is 534 cm³/mol. The van der Waals surface area contributed by atoms with E-state index in [4.69, 9.17) is 28.4 Å². The smallest absolute Gasteiger partial charge is 0.161 e.